The number of nitrogens with one attached hydrogen (secondary N) is 3. The molecule has 9 nitrogen and oxygen atoms in total. The Kier molecular flexibility index (Phi) is 9.08. The molecule has 0 unspecified atom stereocenters. The molecule has 2 amide bonds. The van der Waals surface area contributed by atoms with Crippen LogP contribution in [0.4, 0.5) is 0 Å². The van der Waals surface area contributed by atoms with Crippen molar-refractivity contribution in [2.45, 2.75) is 102 Å². The zero-order chi connectivity index (χ0) is 27.0. The Morgan fingerprint density at radius 2 is 1.44 bits per heavy atom. The first-order valence-corrected chi connectivity index (χ1v) is 14.4. The molecule has 9 heteroatoms. The lowest BCUT2D eigenvalue weighted by Crippen LogP contribution is -2.49. The molecule has 5 rings (SSSR count). The van der Waals surface area contributed by atoms with E-state index in [1.165, 1.54) is 32.1 Å². The summed E-state index contributed by atoms with van der Waals surface area (Å²) in [6.07, 6.45) is 17.4. The van der Waals surface area contributed by atoms with Gasteiger partial charge in [-0.25, -0.2) is 9.97 Å². The lowest BCUT2D eigenvalue weighted by molar-refractivity contribution is -0.135. The molecule has 2 aliphatic rings. The summed E-state index contributed by atoms with van der Waals surface area (Å²) in [5.41, 5.74) is 1.80. The van der Waals surface area contributed by atoms with E-state index in [2.05, 4.69) is 30.2 Å². The predicted molar refractivity (Wildman–Crippen MR) is 149 cm³/mol. The van der Waals surface area contributed by atoms with Gasteiger partial charge in [0.25, 0.3) is 5.91 Å². The highest BCUT2D eigenvalue weighted by atomic mass is 16.2. The van der Waals surface area contributed by atoms with E-state index in [0.717, 1.165) is 49.4 Å². The highest BCUT2D eigenvalue weighted by Crippen LogP contribution is 2.30. The van der Waals surface area contributed by atoms with E-state index in [-0.39, 0.29) is 11.8 Å². The predicted octanol–water partition coefficient (Wildman–Crippen LogP) is 4.56. The topological polar surface area (TPSA) is 110 Å². The molecule has 2 heterocycles. The minimum absolute atomic E-state index is 0.0615. The Balaban J connectivity index is 1.12. The number of carbonyl (C=O) groups is 2. The van der Waals surface area contributed by atoms with Crippen LogP contribution in [0.15, 0.2) is 49.1 Å². The van der Waals surface area contributed by atoms with E-state index >= 15 is 0 Å². The van der Waals surface area contributed by atoms with E-state index in [1.54, 1.807) is 36.6 Å². The number of amides is 2. The van der Waals surface area contributed by atoms with Gasteiger partial charge in [-0.15, -0.1) is 0 Å². The Morgan fingerprint density at radius 1 is 0.846 bits per heavy atom. The van der Waals surface area contributed by atoms with Crippen molar-refractivity contribution >= 4 is 11.8 Å². The van der Waals surface area contributed by atoms with Crippen molar-refractivity contribution in [2.75, 3.05) is 0 Å². The second-order valence-corrected chi connectivity index (χ2v) is 11.0. The largest absolute Gasteiger partial charge is 0.347 e. The number of aromatic nitrogens is 4. The maximum absolute atomic E-state index is 13.4. The molecule has 2 fully saturated rings. The number of nitrogens with zero attached hydrogens (tertiary/aromatic N) is 4. The van der Waals surface area contributed by atoms with Crippen molar-refractivity contribution in [3.8, 4) is 0 Å². The third-order valence-corrected chi connectivity index (χ3v) is 8.30. The maximum Gasteiger partial charge on any atom is 0.254 e. The molecule has 2 saturated carbocycles. The smallest absolute Gasteiger partial charge is 0.254 e. The van der Waals surface area contributed by atoms with Gasteiger partial charge < -0.3 is 25.1 Å². The summed E-state index contributed by atoms with van der Waals surface area (Å²) in [7, 11) is 0. The zero-order valence-electron chi connectivity index (χ0n) is 22.9. The molecule has 3 N–H and O–H groups in total. The first kappa shape index (κ1) is 27.1. The Bertz CT molecular complexity index is 1130. The monoisotopic (exact) mass is 531 g/mol. The van der Waals surface area contributed by atoms with Gasteiger partial charge >= 0.3 is 0 Å². The first-order chi connectivity index (χ1) is 19.1. The fourth-order valence-electron chi connectivity index (χ4n) is 6.27. The lowest BCUT2D eigenvalue weighted by Gasteiger charge is -2.42. The second-order valence-electron chi connectivity index (χ2n) is 11.0. The van der Waals surface area contributed by atoms with Gasteiger partial charge in [-0.2, -0.15) is 0 Å². The van der Waals surface area contributed by atoms with Crippen LogP contribution in [-0.4, -0.2) is 59.7 Å². The first-order valence-electron chi connectivity index (χ1n) is 14.4. The van der Waals surface area contributed by atoms with Crippen molar-refractivity contribution in [3.05, 3.63) is 71.8 Å². The van der Waals surface area contributed by atoms with E-state index in [9.17, 15) is 9.59 Å². The molecule has 0 spiro atoms. The van der Waals surface area contributed by atoms with Crippen LogP contribution in [0.1, 0.15) is 92.3 Å². The number of hydrogen-bond acceptors (Lipinski definition) is 5. The highest BCUT2D eigenvalue weighted by Gasteiger charge is 2.32. The number of H-pyrrole nitrogens is 2. The Morgan fingerprint density at radius 3 is 1.97 bits per heavy atom. The van der Waals surface area contributed by atoms with Gasteiger partial charge in [-0.1, -0.05) is 31.4 Å². The minimum Gasteiger partial charge on any atom is -0.347 e. The van der Waals surface area contributed by atoms with Crippen molar-refractivity contribution < 1.29 is 9.59 Å². The van der Waals surface area contributed by atoms with Crippen LogP contribution in [0.3, 0.4) is 0 Å². The standard InChI is InChI=1S/C30H41N7O2/c1-22(38)37(26-5-3-2-4-6-26)27-13-11-25(12-14-27)35-19-23-7-9-24(10-8-23)30(39)36(20-28-31-15-16-32-28)21-29-33-17-18-34-29/h7-10,15-18,25-27,35H,2-6,11-14,19-21H2,1H3,(H,31,32)(H,33,34)/t25-,27-. The third-order valence-electron chi connectivity index (χ3n) is 8.30. The molecule has 2 aliphatic carbocycles. The van der Waals surface area contributed by atoms with E-state index in [4.69, 9.17) is 0 Å². The van der Waals surface area contributed by atoms with Gasteiger partial charge in [-0.3, -0.25) is 9.59 Å². The van der Waals surface area contributed by atoms with Gasteiger partial charge in [0.2, 0.25) is 5.91 Å². The molecule has 0 aliphatic heterocycles. The minimum atomic E-state index is -0.0615. The molecular formula is C30H41N7O2. The summed E-state index contributed by atoms with van der Waals surface area (Å²) < 4.78 is 0. The molecule has 2 aromatic heterocycles. The molecule has 1 aromatic carbocycles. The molecule has 0 atom stereocenters. The SMILES string of the molecule is CC(=O)N(C1CCCCC1)[C@H]1CC[C@H](NCc2ccc(C(=O)N(Cc3ncc[nH]3)Cc3ncc[nH]3)cc2)CC1. The second kappa shape index (κ2) is 13.1. The maximum atomic E-state index is 13.4. The average Bonchev–Trinajstić information content (AvgIpc) is 3.68. The van der Waals surface area contributed by atoms with Crippen LogP contribution in [0.25, 0.3) is 0 Å². The number of aromatic amines is 2. The molecule has 208 valence electrons. The van der Waals surface area contributed by atoms with Crippen LogP contribution in [-0.2, 0) is 24.4 Å². The number of rotatable bonds is 10. The van der Waals surface area contributed by atoms with Gasteiger partial charge in [0.1, 0.15) is 11.6 Å². The fourth-order valence-corrected chi connectivity index (χ4v) is 6.27. The molecule has 39 heavy (non-hydrogen) atoms. The summed E-state index contributed by atoms with van der Waals surface area (Å²) in [6, 6.07) is 9.17. The number of benzene rings is 1. The molecule has 0 bridgehead atoms. The van der Waals surface area contributed by atoms with E-state index < -0.39 is 0 Å². The fraction of sp³-hybridized carbons (Fsp3) is 0.533. The van der Waals surface area contributed by atoms with Crippen molar-refractivity contribution in [1.29, 1.82) is 0 Å². The number of carbonyl (C=O) groups excluding carboxylic acids is 2. The van der Waals surface area contributed by atoms with Crippen molar-refractivity contribution in [2.24, 2.45) is 0 Å². The van der Waals surface area contributed by atoms with Crippen LogP contribution < -0.4 is 5.32 Å². The molecule has 0 saturated heterocycles. The summed E-state index contributed by atoms with van der Waals surface area (Å²) in [6.45, 7) is 3.27. The highest BCUT2D eigenvalue weighted by molar-refractivity contribution is 5.94. The van der Waals surface area contributed by atoms with Crippen LogP contribution in [0, 0.1) is 0 Å². The lowest BCUT2D eigenvalue weighted by atomic mass is 9.86. The molecular weight excluding hydrogens is 490 g/mol. The summed E-state index contributed by atoms with van der Waals surface area (Å²) in [4.78, 5) is 44.5. The average molecular weight is 532 g/mol. The third kappa shape index (κ3) is 7.15. The summed E-state index contributed by atoms with van der Waals surface area (Å²) in [5, 5.41) is 3.71. The van der Waals surface area contributed by atoms with Crippen molar-refractivity contribution in [1.82, 2.24) is 35.1 Å². The Hall–Kier alpha value is -3.46. The summed E-state index contributed by atoms with van der Waals surface area (Å²) in [5.74, 6) is 1.65. The van der Waals surface area contributed by atoms with Crippen molar-refractivity contribution in [3.63, 3.8) is 0 Å². The number of hydrogen-bond donors (Lipinski definition) is 3. The normalized spacial score (nSPS) is 20.0. The van der Waals surface area contributed by atoms with Crippen LogP contribution >= 0.6 is 0 Å². The van der Waals surface area contributed by atoms with Gasteiger partial charge in [0.05, 0.1) is 13.1 Å². The molecule has 0 radical (unpaired) electrons. The zero-order valence-corrected chi connectivity index (χ0v) is 22.9. The summed E-state index contributed by atoms with van der Waals surface area (Å²) >= 11 is 0. The Labute approximate surface area is 230 Å². The van der Waals surface area contributed by atoms with Gasteiger partial charge in [-0.05, 0) is 56.2 Å². The molecule has 3 aromatic rings. The quantitative estimate of drug-likeness (QED) is 0.355. The van der Waals surface area contributed by atoms with E-state index in [1.807, 2.05) is 24.3 Å². The number of imidazole rings is 2. The van der Waals surface area contributed by atoms with Crippen LogP contribution in [0.5, 0.6) is 0 Å². The van der Waals surface area contributed by atoms with E-state index in [0.29, 0.717) is 36.8 Å². The van der Waals surface area contributed by atoms with Gasteiger partial charge in [0.15, 0.2) is 0 Å². The van der Waals surface area contributed by atoms with Crippen LogP contribution in [0.2, 0.25) is 0 Å². The van der Waals surface area contributed by atoms with Gasteiger partial charge in [0, 0.05) is 61.9 Å².